The Labute approximate surface area is 123 Å². The number of carbonyl (C=O) groups is 1. The SMILES string of the molecule is CC(C)(C)C(=O)[C@@H](Cc1ccccc1Cl)n1cncn1. The van der Waals surface area contributed by atoms with Gasteiger partial charge >= 0.3 is 0 Å². The van der Waals surface area contributed by atoms with Gasteiger partial charge in [0.2, 0.25) is 0 Å². The zero-order valence-electron chi connectivity index (χ0n) is 11.9. The van der Waals surface area contributed by atoms with Crippen LogP contribution in [-0.4, -0.2) is 20.5 Å². The standard InChI is InChI=1S/C15H18ClN3O/c1-15(2,3)14(20)13(19-10-17-9-18-19)8-11-6-4-5-7-12(11)16/h4-7,9-10,13H,8H2,1-3H3/t13-/m1/s1. The Hall–Kier alpha value is -1.68. The molecule has 106 valence electrons. The molecular formula is C15H18ClN3O. The van der Waals surface area contributed by atoms with Gasteiger partial charge in [-0.15, -0.1) is 0 Å². The topological polar surface area (TPSA) is 47.8 Å². The Balaban J connectivity index is 2.34. The van der Waals surface area contributed by atoms with Gasteiger partial charge < -0.3 is 0 Å². The van der Waals surface area contributed by atoms with E-state index in [1.165, 1.54) is 6.33 Å². The third-order valence-corrected chi connectivity index (χ3v) is 3.54. The van der Waals surface area contributed by atoms with E-state index in [0.717, 1.165) is 5.56 Å². The zero-order chi connectivity index (χ0) is 14.8. The highest BCUT2D eigenvalue weighted by atomic mass is 35.5. The predicted molar refractivity (Wildman–Crippen MR) is 78.7 cm³/mol. The fourth-order valence-electron chi connectivity index (χ4n) is 2.06. The highest BCUT2D eigenvalue weighted by Gasteiger charge is 2.31. The van der Waals surface area contributed by atoms with Crippen LogP contribution in [0.2, 0.25) is 5.02 Å². The van der Waals surface area contributed by atoms with Gasteiger partial charge in [-0.1, -0.05) is 50.6 Å². The van der Waals surface area contributed by atoms with Crippen molar-refractivity contribution in [2.45, 2.75) is 33.2 Å². The van der Waals surface area contributed by atoms with E-state index in [-0.39, 0.29) is 5.78 Å². The predicted octanol–water partition coefficient (Wildman–Crippen LogP) is 3.33. The fraction of sp³-hybridized carbons (Fsp3) is 0.400. The molecule has 1 aromatic carbocycles. The molecule has 5 heteroatoms. The number of benzene rings is 1. The number of ketones is 1. The minimum atomic E-state index is -0.447. The number of Topliss-reactive ketones (excluding diaryl/α,β-unsaturated/α-hetero) is 1. The summed E-state index contributed by atoms with van der Waals surface area (Å²) >= 11 is 6.19. The smallest absolute Gasteiger partial charge is 0.163 e. The summed E-state index contributed by atoms with van der Waals surface area (Å²) in [5.41, 5.74) is 0.491. The lowest BCUT2D eigenvalue weighted by atomic mass is 9.84. The van der Waals surface area contributed by atoms with Gasteiger partial charge in [-0.3, -0.25) is 4.79 Å². The summed E-state index contributed by atoms with van der Waals surface area (Å²) < 4.78 is 1.61. The van der Waals surface area contributed by atoms with E-state index in [0.29, 0.717) is 11.4 Å². The summed E-state index contributed by atoms with van der Waals surface area (Å²) in [5, 5.41) is 4.78. The first-order valence-electron chi connectivity index (χ1n) is 6.51. The van der Waals surface area contributed by atoms with Gasteiger partial charge in [-0.2, -0.15) is 5.10 Å². The van der Waals surface area contributed by atoms with Crippen molar-refractivity contribution < 1.29 is 4.79 Å². The number of aromatic nitrogens is 3. The third kappa shape index (κ3) is 3.25. The number of hydrogen-bond donors (Lipinski definition) is 0. The highest BCUT2D eigenvalue weighted by molar-refractivity contribution is 6.31. The molecule has 0 aliphatic rings. The molecule has 0 aliphatic heterocycles. The van der Waals surface area contributed by atoms with Crippen molar-refractivity contribution in [1.29, 1.82) is 0 Å². The molecule has 1 heterocycles. The van der Waals surface area contributed by atoms with Gasteiger partial charge in [0.1, 0.15) is 18.7 Å². The molecule has 0 radical (unpaired) electrons. The number of rotatable bonds is 4. The second kappa shape index (κ2) is 5.75. The van der Waals surface area contributed by atoms with Crippen molar-refractivity contribution >= 4 is 17.4 Å². The van der Waals surface area contributed by atoms with Crippen molar-refractivity contribution in [2.75, 3.05) is 0 Å². The Morgan fingerprint density at radius 2 is 2.05 bits per heavy atom. The van der Waals surface area contributed by atoms with Crippen molar-refractivity contribution in [1.82, 2.24) is 14.8 Å². The molecule has 0 N–H and O–H groups in total. The summed E-state index contributed by atoms with van der Waals surface area (Å²) in [7, 11) is 0. The van der Waals surface area contributed by atoms with Crippen LogP contribution in [0.25, 0.3) is 0 Å². The van der Waals surface area contributed by atoms with E-state index in [1.807, 2.05) is 45.0 Å². The van der Waals surface area contributed by atoms with Gasteiger partial charge in [-0.25, -0.2) is 9.67 Å². The monoisotopic (exact) mass is 291 g/mol. The normalized spacial score (nSPS) is 13.2. The average molecular weight is 292 g/mol. The first kappa shape index (κ1) is 14.7. The van der Waals surface area contributed by atoms with Gasteiger partial charge in [0, 0.05) is 16.9 Å². The van der Waals surface area contributed by atoms with Crippen molar-refractivity contribution in [3.05, 3.63) is 47.5 Å². The molecule has 2 rings (SSSR count). The number of hydrogen-bond acceptors (Lipinski definition) is 3. The lowest BCUT2D eigenvalue weighted by Gasteiger charge is -2.25. The van der Waals surface area contributed by atoms with E-state index in [2.05, 4.69) is 10.1 Å². The summed E-state index contributed by atoms with van der Waals surface area (Å²) in [6.07, 6.45) is 3.53. The van der Waals surface area contributed by atoms with Crippen molar-refractivity contribution in [3.63, 3.8) is 0 Å². The molecule has 0 saturated heterocycles. The molecular weight excluding hydrogens is 274 g/mol. The molecule has 1 aromatic heterocycles. The van der Waals surface area contributed by atoms with Crippen LogP contribution < -0.4 is 0 Å². The third-order valence-electron chi connectivity index (χ3n) is 3.17. The van der Waals surface area contributed by atoms with Gasteiger partial charge in [0.15, 0.2) is 5.78 Å². The Bertz CT molecular complexity index is 587. The molecule has 1 atom stereocenters. The molecule has 0 saturated carbocycles. The molecule has 4 nitrogen and oxygen atoms in total. The van der Waals surface area contributed by atoms with Crippen LogP contribution in [0.5, 0.6) is 0 Å². The van der Waals surface area contributed by atoms with Crippen LogP contribution in [0.3, 0.4) is 0 Å². The van der Waals surface area contributed by atoms with E-state index >= 15 is 0 Å². The molecule has 0 bridgehead atoms. The lowest BCUT2D eigenvalue weighted by molar-refractivity contribution is -0.130. The molecule has 2 aromatic rings. The lowest BCUT2D eigenvalue weighted by Crippen LogP contribution is -2.32. The second-order valence-corrected chi connectivity index (χ2v) is 6.21. The maximum atomic E-state index is 12.6. The Morgan fingerprint density at radius 1 is 1.35 bits per heavy atom. The first-order valence-corrected chi connectivity index (χ1v) is 6.89. The summed E-state index contributed by atoms with van der Waals surface area (Å²) in [6.45, 7) is 5.73. The number of carbonyl (C=O) groups excluding carboxylic acids is 1. The van der Waals surface area contributed by atoms with Gasteiger partial charge in [0.05, 0.1) is 0 Å². The summed E-state index contributed by atoms with van der Waals surface area (Å²) in [5.74, 6) is 0.114. The molecule has 0 unspecified atom stereocenters. The fourth-order valence-corrected chi connectivity index (χ4v) is 2.27. The molecule has 0 fully saturated rings. The first-order chi connectivity index (χ1) is 9.39. The number of nitrogens with zero attached hydrogens (tertiary/aromatic N) is 3. The molecule has 0 amide bonds. The summed E-state index contributed by atoms with van der Waals surface area (Å²) in [4.78, 5) is 16.6. The largest absolute Gasteiger partial charge is 0.297 e. The zero-order valence-corrected chi connectivity index (χ0v) is 12.6. The molecule has 0 spiro atoms. The second-order valence-electron chi connectivity index (χ2n) is 5.80. The van der Waals surface area contributed by atoms with Crippen molar-refractivity contribution in [3.8, 4) is 0 Å². The minimum absolute atomic E-state index is 0.114. The van der Waals surface area contributed by atoms with E-state index in [4.69, 9.17) is 11.6 Å². The van der Waals surface area contributed by atoms with Crippen LogP contribution in [-0.2, 0) is 11.2 Å². The molecule has 0 aliphatic carbocycles. The highest BCUT2D eigenvalue weighted by Crippen LogP contribution is 2.28. The van der Waals surface area contributed by atoms with E-state index in [9.17, 15) is 4.79 Å². The van der Waals surface area contributed by atoms with Crippen LogP contribution in [0.1, 0.15) is 32.4 Å². The molecule has 20 heavy (non-hydrogen) atoms. The van der Waals surface area contributed by atoms with E-state index in [1.54, 1.807) is 11.0 Å². The average Bonchev–Trinajstić information content (AvgIpc) is 2.89. The van der Waals surface area contributed by atoms with E-state index < -0.39 is 11.5 Å². The Kier molecular flexibility index (Phi) is 4.23. The van der Waals surface area contributed by atoms with Crippen LogP contribution in [0.4, 0.5) is 0 Å². The number of halogens is 1. The van der Waals surface area contributed by atoms with Crippen LogP contribution in [0.15, 0.2) is 36.9 Å². The Morgan fingerprint density at radius 3 is 2.60 bits per heavy atom. The van der Waals surface area contributed by atoms with Crippen LogP contribution >= 0.6 is 11.6 Å². The minimum Gasteiger partial charge on any atom is -0.297 e. The quantitative estimate of drug-likeness (QED) is 0.868. The maximum Gasteiger partial charge on any atom is 0.163 e. The van der Waals surface area contributed by atoms with Gasteiger partial charge in [-0.05, 0) is 11.6 Å². The van der Waals surface area contributed by atoms with Crippen molar-refractivity contribution in [2.24, 2.45) is 5.41 Å². The summed E-state index contributed by atoms with van der Waals surface area (Å²) in [6, 6.07) is 7.17. The van der Waals surface area contributed by atoms with Crippen LogP contribution in [0, 0.1) is 5.41 Å². The van der Waals surface area contributed by atoms with Gasteiger partial charge in [0.25, 0.3) is 0 Å². The maximum absolute atomic E-state index is 12.6.